The van der Waals surface area contributed by atoms with Crippen LogP contribution < -0.4 is 10.6 Å². The van der Waals surface area contributed by atoms with E-state index in [1.807, 2.05) is 6.92 Å². The molecule has 0 spiro atoms. The van der Waals surface area contributed by atoms with Gasteiger partial charge < -0.3 is 10.6 Å². The van der Waals surface area contributed by atoms with E-state index in [0.717, 1.165) is 23.3 Å². The number of nitrogens with two attached hydrogens (primary N) is 1. The zero-order valence-corrected chi connectivity index (χ0v) is 11.8. The first-order valence-electron chi connectivity index (χ1n) is 6.81. The van der Waals surface area contributed by atoms with Crippen LogP contribution in [0, 0.1) is 12.8 Å². The molecule has 1 unspecified atom stereocenters. The number of hydrogen-bond acceptors (Lipinski definition) is 4. The third-order valence-electron chi connectivity index (χ3n) is 3.64. The van der Waals surface area contributed by atoms with Gasteiger partial charge in [0.05, 0.1) is 0 Å². The normalized spacial score (nSPS) is 17.0. The van der Waals surface area contributed by atoms with Crippen molar-refractivity contribution in [3.63, 3.8) is 0 Å². The Morgan fingerprint density at radius 3 is 2.56 bits per heavy atom. The summed E-state index contributed by atoms with van der Waals surface area (Å²) in [6.45, 7) is 6.97. The van der Waals surface area contributed by atoms with E-state index in [9.17, 15) is 0 Å². The average molecular weight is 248 g/mol. The molecule has 1 heterocycles. The zero-order chi connectivity index (χ0) is 13.3. The number of likely N-dealkylation sites (N-methyl/N-ethyl adjacent to an activating group) is 1. The molecule has 2 rings (SSSR count). The molecule has 4 nitrogen and oxygen atoms in total. The first kappa shape index (κ1) is 13.3. The minimum absolute atomic E-state index is 0.356. The molecular weight excluding hydrogens is 224 g/mol. The van der Waals surface area contributed by atoms with Crippen LogP contribution in [-0.4, -0.2) is 29.6 Å². The molecule has 1 aliphatic rings. The van der Waals surface area contributed by atoms with Crippen molar-refractivity contribution in [1.82, 2.24) is 9.97 Å². The van der Waals surface area contributed by atoms with Gasteiger partial charge in [-0.15, -0.1) is 0 Å². The lowest BCUT2D eigenvalue weighted by Crippen LogP contribution is -2.40. The number of nitrogens with zero attached hydrogens (tertiary/aromatic N) is 3. The smallest absolute Gasteiger partial charge is 0.133 e. The molecule has 0 aliphatic heterocycles. The first-order chi connectivity index (χ1) is 8.52. The van der Waals surface area contributed by atoms with Crippen LogP contribution in [0.1, 0.15) is 44.1 Å². The van der Waals surface area contributed by atoms with Gasteiger partial charge in [0, 0.05) is 37.3 Å². The molecule has 4 heteroatoms. The van der Waals surface area contributed by atoms with Crippen LogP contribution in [0.15, 0.2) is 6.07 Å². The second-order valence-electron chi connectivity index (χ2n) is 5.63. The van der Waals surface area contributed by atoms with Gasteiger partial charge in [-0.2, -0.15) is 0 Å². The lowest BCUT2D eigenvalue weighted by molar-refractivity contribution is 0.563. The van der Waals surface area contributed by atoms with Crippen molar-refractivity contribution in [3.05, 3.63) is 17.6 Å². The summed E-state index contributed by atoms with van der Waals surface area (Å²) in [6.07, 6.45) is 2.60. The Hall–Kier alpha value is -1.16. The van der Waals surface area contributed by atoms with E-state index < -0.39 is 0 Å². The maximum atomic E-state index is 5.90. The van der Waals surface area contributed by atoms with E-state index in [4.69, 9.17) is 5.73 Å². The monoisotopic (exact) mass is 248 g/mol. The summed E-state index contributed by atoms with van der Waals surface area (Å²) < 4.78 is 0. The minimum Gasteiger partial charge on any atom is -0.355 e. The fourth-order valence-electron chi connectivity index (χ4n) is 2.33. The van der Waals surface area contributed by atoms with Gasteiger partial charge in [-0.3, -0.25) is 0 Å². The van der Waals surface area contributed by atoms with Gasteiger partial charge in [-0.05, 0) is 25.7 Å². The minimum atomic E-state index is 0.356. The van der Waals surface area contributed by atoms with E-state index in [-0.39, 0.29) is 0 Å². The Labute approximate surface area is 110 Å². The Kier molecular flexibility index (Phi) is 3.85. The van der Waals surface area contributed by atoms with Crippen LogP contribution in [0.25, 0.3) is 0 Å². The molecule has 0 amide bonds. The van der Waals surface area contributed by atoms with E-state index in [2.05, 4.69) is 41.8 Å². The Bertz CT molecular complexity index is 412. The highest BCUT2D eigenvalue weighted by Crippen LogP contribution is 2.35. The predicted molar refractivity (Wildman–Crippen MR) is 74.8 cm³/mol. The summed E-state index contributed by atoms with van der Waals surface area (Å²) in [5.74, 6) is 3.03. The highest BCUT2D eigenvalue weighted by atomic mass is 15.2. The Morgan fingerprint density at radius 2 is 2.06 bits per heavy atom. The van der Waals surface area contributed by atoms with Crippen molar-refractivity contribution in [2.24, 2.45) is 11.7 Å². The quantitative estimate of drug-likeness (QED) is 0.867. The number of anilines is 1. The fourth-order valence-corrected chi connectivity index (χ4v) is 2.33. The van der Waals surface area contributed by atoms with Gasteiger partial charge in [0.1, 0.15) is 11.6 Å². The van der Waals surface area contributed by atoms with Gasteiger partial charge >= 0.3 is 0 Å². The van der Waals surface area contributed by atoms with Crippen molar-refractivity contribution < 1.29 is 0 Å². The third-order valence-corrected chi connectivity index (χ3v) is 3.64. The molecular formula is C14H24N4. The Balaban J connectivity index is 2.25. The average Bonchev–Trinajstić information content (AvgIpc) is 3.13. The first-order valence-corrected chi connectivity index (χ1v) is 6.81. The van der Waals surface area contributed by atoms with Gasteiger partial charge in [0.15, 0.2) is 0 Å². The van der Waals surface area contributed by atoms with Gasteiger partial charge in [-0.25, -0.2) is 9.97 Å². The molecule has 0 aromatic carbocycles. The standard InChI is InChI=1S/C14H24N4/c1-9(2)14-16-10(3)7-13(17-14)18(4)12(8-15)11-5-6-11/h7,9,11-12H,5-6,8,15H2,1-4H3. The topological polar surface area (TPSA) is 55.0 Å². The van der Waals surface area contributed by atoms with Gasteiger partial charge in [0.2, 0.25) is 0 Å². The van der Waals surface area contributed by atoms with Crippen LogP contribution in [-0.2, 0) is 0 Å². The molecule has 1 aliphatic carbocycles. The number of aryl methyl sites for hydroxylation is 1. The Morgan fingerprint density at radius 1 is 1.39 bits per heavy atom. The number of rotatable bonds is 5. The second kappa shape index (κ2) is 5.22. The number of aromatic nitrogens is 2. The highest BCUT2D eigenvalue weighted by Gasteiger charge is 2.33. The second-order valence-corrected chi connectivity index (χ2v) is 5.63. The summed E-state index contributed by atoms with van der Waals surface area (Å²) in [6, 6.07) is 2.47. The summed E-state index contributed by atoms with van der Waals surface area (Å²) in [7, 11) is 2.10. The van der Waals surface area contributed by atoms with E-state index in [0.29, 0.717) is 18.5 Å². The molecule has 1 fully saturated rings. The van der Waals surface area contributed by atoms with Gasteiger partial charge in [-0.1, -0.05) is 13.8 Å². The lowest BCUT2D eigenvalue weighted by Gasteiger charge is -2.28. The summed E-state index contributed by atoms with van der Waals surface area (Å²) in [5.41, 5.74) is 6.93. The van der Waals surface area contributed by atoms with Crippen LogP contribution in [0.4, 0.5) is 5.82 Å². The predicted octanol–water partition coefficient (Wildman–Crippen LogP) is 2.08. The molecule has 1 aromatic rings. The molecule has 0 bridgehead atoms. The van der Waals surface area contributed by atoms with E-state index >= 15 is 0 Å². The largest absolute Gasteiger partial charge is 0.355 e. The van der Waals surface area contributed by atoms with E-state index in [1.165, 1.54) is 12.8 Å². The van der Waals surface area contributed by atoms with Crippen molar-refractivity contribution in [2.75, 3.05) is 18.5 Å². The van der Waals surface area contributed by atoms with Gasteiger partial charge in [0.25, 0.3) is 0 Å². The van der Waals surface area contributed by atoms with Crippen LogP contribution >= 0.6 is 0 Å². The molecule has 1 aromatic heterocycles. The highest BCUT2D eigenvalue weighted by molar-refractivity contribution is 5.41. The third kappa shape index (κ3) is 2.80. The maximum absolute atomic E-state index is 5.90. The van der Waals surface area contributed by atoms with E-state index in [1.54, 1.807) is 0 Å². The van der Waals surface area contributed by atoms with Crippen LogP contribution in [0.5, 0.6) is 0 Å². The van der Waals surface area contributed by atoms with Crippen molar-refractivity contribution in [1.29, 1.82) is 0 Å². The maximum Gasteiger partial charge on any atom is 0.133 e. The summed E-state index contributed by atoms with van der Waals surface area (Å²) >= 11 is 0. The van der Waals surface area contributed by atoms with Crippen molar-refractivity contribution in [3.8, 4) is 0 Å². The lowest BCUT2D eigenvalue weighted by atomic mass is 10.1. The molecule has 100 valence electrons. The van der Waals surface area contributed by atoms with Crippen LogP contribution in [0.2, 0.25) is 0 Å². The van der Waals surface area contributed by atoms with Crippen LogP contribution in [0.3, 0.4) is 0 Å². The molecule has 0 saturated heterocycles. The van der Waals surface area contributed by atoms with Crippen molar-refractivity contribution in [2.45, 2.75) is 45.6 Å². The summed E-state index contributed by atoms with van der Waals surface area (Å²) in [5, 5.41) is 0. The SMILES string of the molecule is Cc1cc(N(C)C(CN)C2CC2)nc(C(C)C)n1. The molecule has 1 atom stereocenters. The molecule has 2 N–H and O–H groups in total. The molecule has 1 saturated carbocycles. The van der Waals surface area contributed by atoms with Crippen molar-refractivity contribution >= 4 is 5.82 Å². The number of hydrogen-bond donors (Lipinski definition) is 1. The molecule has 18 heavy (non-hydrogen) atoms. The summed E-state index contributed by atoms with van der Waals surface area (Å²) in [4.78, 5) is 11.4. The zero-order valence-electron chi connectivity index (χ0n) is 11.8. The fraction of sp³-hybridized carbons (Fsp3) is 0.714. The molecule has 0 radical (unpaired) electrons.